The number of hydrogen-bond acceptors (Lipinski definition) is 2. The van der Waals surface area contributed by atoms with Crippen molar-refractivity contribution in [3.8, 4) is 0 Å². The second kappa shape index (κ2) is 7.69. The lowest BCUT2D eigenvalue weighted by molar-refractivity contribution is -0.0878. The largest absolute Gasteiger partial charge is 0.354 e. The van der Waals surface area contributed by atoms with Gasteiger partial charge in [-0.05, 0) is 29.2 Å². The van der Waals surface area contributed by atoms with Gasteiger partial charge >= 0.3 is 0 Å². The highest BCUT2D eigenvalue weighted by atomic mass is 16.5. The smallest absolute Gasteiger partial charge is 0.190 e. The molecule has 0 radical (unpaired) electrons. The highest BCUT2D eigenvalue weighted by Crippen LogP contribution is 2.58. The lowest BCUT2D eigenvalue weighted by atomic mass is 9.87. The van der Waals surface area contributed by atoms with E-state index in [1.165, 1.54) is 38.9 Å². The van der Waals surface area contributed by atoms with E-state index >= 15 is 0 Å². The zero-order chi connectivity index (χ0) is 22.5. The molecule has 7 rings (SSSR count). The summed E-state index contributed by atoms with van der Waals surface area (Å²) in [7, 11) is 0. The third-order valence-electron chi connectivity index (χ3n) is 7.51. The van der Waals surface area contributed by atoms with Gasteiger partial charge in [0.05, 0.1) is 11.7 Å². The van der Waals surface area contributed by atoms with Gasteiger partial charge < -0.3 is 9.72 Å². The number of aromatic amines is 1. The van der Waals surface area contributed by atoms with Crippen molar-refractivity contribution in [2.45, 2.75) is 24.3 Å². The summed E-state index contributed by atoms with van der Waals surface area (Å²) < 4.78 is 7.34. The first-order valence-electron chi connectivity index (χ1n) is 12.1. The molecular formula is C31H26N2O. The maximum Gasteiger partial charge on any atom is 0.190 e. The number of aromatic nitrogens is 1. The van der Waals surface area contributed by atoms with E-state index in [1.54, 1.807) is 0 Å². The van der Waals surface area contributed by atoms with E-state index in [4.69, 9.17) is 4.74 Å². The predicted octanol–water partition coefficient (Wildman–Crippen LogP) is 6.74. The Labute approximate surface area is 199 Å². The third-order valence-corrected chi connectivity index (χ3v) is 7.51. The van der Waals surface area contributed by atoms with Crippen LogP contribution in [0, 0.1) is 0 Å². The summed E-state index contributed by atoms with van der Waals surface area (Å²) in [4.78, 5) is 6.39. The van der Waals surface area contributed by atoms with Crippen LogP contribution in [0.3, 0.4) is 0 Å². The molecule has 3 atom stereocenters. The van der Waals surface area contributed by atoms with Gasteiger partial charge in [-0.25, -0.2) is 0 Å². The highest BCUT2D eigenvalue weighted by molar-refractivity contribution is 5.85. The van der Waals surface area contributed by atoms with E-state index in [0.717, 1.165) is 13.0 Å². The van der Waals surface area contributed by atoms with E-state index in [9.17, 15) is 0 Å². The molecule has 0 amide bonds. The molecule has 1 N–H and O–H groups in total. The molecule has 3 nitrogen and oxygen atoms in total. The lowest BCUT2D eigenvalue weighted by Gasteiger charge is -2.43. The van der Waals surface area contributed by atoms with Gasteiger partial charge in [-0.15, -0.1) is 0 Å². The topological polar surface area (TPSA) is 28.3 Å². The fourth-order valence-corrected chi connectivity index (χ4v) is 6.10. The second-order valence-electron chi connectivity index (χ2n) is 9.28. The number of nitrogens with zero attached hydrogens (tertiary/aromatic N) is 1. The molecule has 166 valence electrons. The van der Waals surface area contributed by atoms with E-state index in [1.807, 2.05) is 0 Å². The maximum absolute atomic E-state index is 7.34. The number of ether oxygens (including phenoxy) is 1. The molecule has 34 heavy (non-hydrogen) atoms. The van der Waals surface area contributed by atoms with Gasteiger partial charge in [0.15, 0.2) is 5.72 Å². The highest BCUT2D eigenvalue weighted by Gasteiger charge is 2.58. The Kier molecular flexibility index (Phi) is 4.48. The van der Waals surface area contributed by atoms with Crippen LogP contribution in [0.4, 0.5) is 0 Å². The molecule has 5 aromatic rings. The van der Waals surface area contributed by atoms with Gasteiger partial charge in [-0.2, -0.15) is 0 Å². The molecule has 0 unspecified atom stereocenters. The standard InChI is InChI=1S/C31H26N2O/c1-4-12-22(13-5-1)28-29(23-14-6-2-7-15-23)34-31(24-16-8-3-9-17-24)30-26(20-21-33(28)31)25-18-10-11-19-27(25)32-30/h1-19,28-29,32H,20-21H2/t28-,29-,31+/m0/s1. The molecule has 3 heteroatoms. The Balaban J connectivity index is 1.52. The lowest BCUT2D eigenvalue weighted by Crippen LogP contribution is -2.49. The average molecular weight is 443 g/mol. The summed E-state index contributed by atoms with van der Waals surface area (Å²) in [5.74, 6) is 0. The fourth-order valence-electron chi connectivity index (χ4n) is 6.10. The van der Waals surface area contributed by atoms with Gasteiger partial charge in [-0.3, -0.25) is 4.90 Å². The van der Waals surface area contributed by atoms with Crippen LogP contribution in [0.1, 0.15) is 40.1 Å². The second-order valence-corrected chi connectivity index (χ2v) is 9.28. The summed E-state index contributed by atoms with van der Waals surface area (Å²) >= 11 is 0. The van der Waals surface area contributed by atoms with Crippen molar-refractivity contribution in [1.82, 2.24) is 9.88 Å². The first kappa shape index (κ1) is 19.8. The molecule has 0 saturated carbocycles. The van der Waals surface area contributed by atoms with Gasteiger partial charge in [0.2, 0.25) is 0 Å². The molecule has 0 aliphatic carbocycles. The van der Waals surface area contributed by atoms with Crippen LogP contribution in [0.25, 0.3) is 10.9 Å². The van der Waals surface area contributed by atoms with E-state index in [-0.39, 0.29) is 12.1 Å². The average Bonchev–Trinajstić information content (AvgIpc) is 3.47. The SMILES string of the molecule is c1ccc([C@@H]2O[C@]3(c4ccccc4)c4[nH]c5ccccc5c4CCN3[C@H]2c2ccccc2)cc1. The van der Waals surface area contributed by atoms with Crippen LogP contribution in [-0.4, -0.2) is 16.4 Å². The Bertz CT molecular complexity index is 1440. The van der Waals surface area contributed by atoms with Gasteiger partial charge in [0.25, 0.3) is 0 Å². The van der Waals surface area contributed by atoms with Crippen molar-refractivity contribution in [1.29, 1.82) is 0 Å². The third kappa shape index (κ3) is 2.78. The summed E-state index contributed by atoms with van der Waals surface area (Å²) in [6.45, 7) is 0.923. The molecule has 1 fully saturated rings. The zero-order valence-corrected chi connectivity index (χ0v) is 18.9. The molecule has 1 aromatic heterocycles. The number of fused-ring (bicyclic) bond motifs is 5. The molecule has 2 aliphatic heterocycles. The van der Waals surface area contributed by atoms with Crippen LogP contribution in [-0.2, 0) is 16.9 Å². The number of hydrogen-bond donors (Lipinski definition) is 1. The van der Waals surface area contributed by atoms with Crippen molar-refractivity contribution in [3.63, 3.8) is 0 Å². The van der Waals surface area contributed by atoms with Crippen molar-refractivity contribution >= 4 is 10.9 Å². The Morgan fingerprint density at radius 3 is 2.06 bits per heavy atom. The Morgan fingerprint density at radius 2 is 1.32 bits per heavy atom. The molecule has 0 bridgehead atoms. The van der Waals surface area contributed by atoms with Gasteiger partial charge in [-0.1, -0.05) is 109 Å². The van der Waals surface area contributed by atoms with Crippen LogP contribution in [0.2, 0.25) is 0 Å². The predicted molar refractivity (Wildman–Crippen MR) is 135 cm³/mol. The van der Waals surface area contributed by atoms with Crippen molar-refractivity contribution in [3.05, 3.63) is 143 Å². The van der Waals surface area contributed by atoms with Crippen LogP contribution in [0.5, 0.6) is 0 Å². The quantitative estimate of drug-likeness (QED) is 0.335. The zero-order valence-electron chi connectivity index (χ0n) is 18.9. The fraction of sp³-hybridized carbons (Fsp3) is 0.161. The van der Waals surface area contributed by atoms with Gasteiger partial charge in [0, 0.05) is 23.0 Å². The first-order chi connectivity index (χ1) is 16.9. The number of benzene rings is 4. The number of para-hydroxylation sites is 1. The number of nitrogens with one attached hydrogen (secondary N) is 1. The van der Waals surface area contributed by atoms with E-state index < -0.39 is 5.72 Å². The van der Waals surface area contributed by atoms with Crippen LogP contribution < -0.4 is 0 Å². The minimum Gasteiger partial charge on any atom is -0.354 e. The molecule has 4 aromatic carbocycles. The molecule has 1 saturated heterocycles. The van der Waals surface area contributed by atoms with Crippen LogP contribution >= 0.6 is 0 Å². The van der Waals surface area contributed by atoms with Crippen molar-refractivity contribution in [2.24, 2.45) is 0 Å². The molecule has 3 heterocycles. The minimum atomic E-state index is -0.686. The summed E-state index contributed by atoms with van der Waals surface area (Å²) in [6, 6.07) is 41.0. The number of H-pyrrole nitrogens is 1. The molecular weight excluding hydrogens is 416 g/mol. The summed E-state index contributed by atoms with van der Waals surface area (Å²) in [5.41, 5.74) is 6.69. The van der Waals surface area contributed by atoms with E-state index in [0.29, 0.717) is 0 Å². The Morgan fingerprint density at radius 1 is 0.706 bits per heavy atom. The first-order valence-corrected chi connectivity index (χ1v) is 12.1. The summed E-state index contributed by atoms with van der Waals surface area (Å²) in [5, 5.41) is 1.30. The Hall–Kier alpha value is -3.66. The van der Waals surface area contributed by atoms with Crippen molar-refractivity contribution < 1.29 is 4.74 Å². The van der Waals surface area contributed by atoms with E-state index in [2.05, 4.69) is 125 Å². The monoisotopic (exact) mass is 442 g/mol. The molecule has 0 spiro atoms. The normalized spacial score (nSPS) is 24.1. The molecule has 2 aliphatic rings. The van der Waals surface area contributed by atoms with Crippen molar-refractivity contribution in [2.75, 3.05) is 6.54 Å². The minimum absolute atomic E-state index is 0.0961. The number of rotatable bonds is 3. The maximum atomic E-state index is 7.34. The van der Waals surface area contributed by atoms with Gasteiger partial charge in [0.1, 0.15) is 6.10 Å². The summed E-state index contributed by atoms with van der Waals surface area (Å²) in [6.07, 6.45) is 0.892. The van der Waals surface area contributed by atoms with Crippen LogP contribution in [0.15, 0.2) is 115 Å².